The monoisotopic (exact) mass is 786 g/mol. The van der Waals surface area contributed by atoms with Gasteiger partial charge in [-0.1, -0.05) is 0 Å². The second-order valence-corrected chi connectivity index (χ2v) is 21.1. The third kappa shape index (κ3) is 7.62. The third-order valence-corrected chi connectivity index (χ3v) is 18.8. The Balaban J connectivity index is 4.01. The van der Waals surface area contributed by atoms with Crippen LogP contribution in [0.2, 0.25) is 0 Å². The van der Waals surface area contributed by atoms with E-state index in [0.29, 0.717) is 0 Å². The Bertz CT molecular complexity index is 1400. The second-order valence-electron chi connectivity index (χ2n) is 15.7. The maximum atomic E-state index is 14.8. The highest BCUT2D eigenvalue weighted by molar-refractivity contribution is 7.69. The molecule has 304 valence electrons. The SMILES string of the molecule is COC(=O)C1=C(C(=O)OC)P(N(C(C)C)C(C)C)(N(C(C)C)C(C)C)=NC12N=P(N(C(C)C)C(C)C)(N(C(C)C)C(C)C)C(C(=O)OC)=C2C(=O)OC. The maximum Gasteiger partial charge on any atom is 0.343 e. The van der Waals surface area contributed by atoms with Gasteiger partial charge >= 0.3 is 23.9 Å². The highest BCUT2D eigenvalue weighted by Gasteiger charge is 2.68. The van der Waals surface area contributed by atoms with E-state index in [0.717, 1.165) is 0 Å². The summed E-state index contributed by atoms with van der Waals surface area (Å²) in [6.45, 7) is 32.1. The first-order chi connectivity index (χ1) is 24.4. The minimum atomic E-state index is -3.69. The van der Waals surface area contributed by atoms with E-state index in [4.69, 9.17) is 28.4 Å². The molecule has 0 aromatic heterocycles. The van der Waals surface area contributed by atoms with Gasteiger partial charge in [-0.3, -0.25) is 0 Å². The second kappa shape index (κ2) is 17.6. The summed E-state index contributed by atoms with van der Waals surface area (Å²) in [6.07, 6.45) is 0. The normalized spacial score (nSPS) is 18.1. The van der Waals surface area contributed by atoms with Crippen molar-refractivity contribution in [1.29, 1.82) is 0 Å². The van der Waals surface area contributed by atoms with E-state index >= 15 is 0 Å². The zero-order valence-corrected chi connectivity index (χ0v) is 37.8. The Kier molecular flexibility index (Phi) is 15.6. The first kappa shape index (κ1) is 46.8. The van der Waals surface area contributed by atoms with E-state index in [-0.39, 0.29) is 70.1 Å². The van der Waals surface area contributed by atoms with Crippen molar-refractivity contribution in [1.82, 2.24) is 18.7 Å². The van der Waals surface area contributed by atoms with E-state index in [1.165, 1.54) is 28.4 Å². The van der Waals surface area contributed by atoms with Crippen molar-refractivity contribution in [3.05, 3.63) is 21.8 Å². The van der Waals surface area contributed by atoms with Gasteiger partial charge in [0.25, 0.3) is 0 Å². The molecule has 16 heteroatoms. The van der Waals surface area contributed by atoms with E-state index in [1.54, 1.807) is 0 Å². The van der Waals surface area contributed by atoms with Crippen LogP contribution in [0, 0.1) is 0 Å². The van der Waals surface area contributed by atoms with Crippen molar-refractivity contribution in [3.63, 3.8) is 0 Å². The summed E-state index contributed by atoms with van der Waals surface area (Å²) in [5.74, 6) is -3.46. The number of hydrogen-bond donors (Lipinski definition) is 0. The summed E-state index contributed by atoms with van der Waals surface area (Å²) in [6, 6.07) is -1.90. The standard InChI is InChI=1S/C37H68N6O8P2/c1-21(2)40(22(3)4)52(41(23(5)6)24(7)8)31(35(46)50-19)29(33(44)48-17)37(38-52)30(34(45)49-18)32(36(47)51-20)53(39-37,42(25(9)10)26(11)12)43(27(13)14)28(15)16/h21-28H,1-20H3. The molecule has 2 heterocycles. The highest BCUT2D eigenvalue weighted by atomic mass is 31.2. The first-order valence-corrected chi connectivity index (χ1v) is 22.0. The lowest BCUT2D eigenvalue weighted by Crippen LogP contribution is -2.46. The van der Waals surface area contributed by atoms with Crippen LogP contribution in [0.4, 0.5) is 0 Å². The van der Waals surface area contributed by atoms with Crippen LogP contribution in [0.5, 0.6) is 0 Å². The smallest absolute Gasteiger partial charge is 0.343 e. The van der Waals surface area contributed by atoms with Crippen LogP contribution in [-0.2, 0) is 38.1 Å². The Morgan fingerprint density at radius 2 is 0.604 bits per heavy atom. The van der Waals surface area contributed by atoms with Gasteiger partial charge in [-0.2, -0.15) is 0 Å². The van der Waals surface area contributed by atoms with E-state index in [2.05, 4.69) is 18.7 Å². The summed E-state index contributed by atoms with van der Waals surface area (Å²) in [7, 11) is -2.44. The molecule has 0 unspecified atom stereocenters. The fraction of sp³-hybridized carbons (Fsp3) is 0.784. The van der Waals surface area contributed by atoms with Gasteiger partial charge in [-0.05, 0) is 111 Å². The minimum absolute atomic E-state index is 0.0349. The van der Waals surface area contributed by atoms with Crippen LogP contribution in [0.1, 0.15) is 111 Å². The van der Waals surface area contributed by atoms with E-state index < -0.39 is 44.3 Å². The van der Waals surface area contributed by atoms with Gasteiger partial charge in [-0.15, -0.1) is 0 Å². The molecule has 0 saturated carbocycles. The molecule has 0 N–H and O–H groups in total. The zero-order chi connectivity index (χ0) is 41.3. The number of carbonyl (C=O) groups is 4. The van der Waals surface area contributed by atoms with Crippen molar-refractivity contribution >= 4 is 38.6 Å². The topological polar surface area (TPSA) is 143 Å². The highest BCUT2D eigenvalue weighted by Crippen LogP contribution is 2.80. The minimum Gasteiger partial charge on any atom is -0.466 e. The Labute approximate surface area is 319 Å². The fourth-order valence-electron chi connectivity index (χ4n) is 8.67. The van der Waals surface area contributed by atoms with Crippen molar-refractivity contribution in [2.75, 3.05) is 28.4 Å². The van der Waals surface area contributed by atoms with Crippen LogP contribution in [0.15, 0.2) is 31.3 Å². The molecule has 0 radical (unpaired) electrons. The average Bonchev–Trinajstić information content (AvgIpc) is 3.46. The lowest BCUT2D eigenvalue weighted by atomic mass is 9.91. The Morgan fingerprint density at radius 3 is 0.755 bits per heavy atom. The summed E-state index contributed by atoms with van der Waals surface area (Å²) >= 11 is 0. The number of nitrogens with zero attached hydrogens (tertiary/aromatic N) is 6. The fourth-order valence-corrected chi connectivity index (χ4v) is 19.0. The number of methoxy groups -OCH3 is 4. The molecule has 0 aromatic rings. The van der Waals surface area contributed by atoms with Gasteiger partial charge in [0.1, 0.15) is 36.5 Å². The Hall–Kier alpha value is -2.34. The molecular weight excluding hydrogens is 718 g/mol. The molecular formula is C37H68N6O8P2. The van der Waals surface area contributed by atoms with Gasteiger partial charge in [0.05, 0.1) is 28.4 Å². The number of carbonyl (C=O) groups excluding carboxylic acids is 4. The number of rotatable bonds is 16. The molecule has 0 aromatic carbocycles. The van der Waals surface area contributed by atoms with Crippen LogP contribution in [-0.4, -0.2) is 125 Å². The summed E-state index contributed by atoms with van der Waals surface area (Å²) in [5.41, 5.74) is -2.79. The summed E-state index contributed by atoms with van der Waals surface area (Å²) < 4.78 is 42.4. The molecule has 0 saturated heterocycles. The first-order valence-electron chi connectivity index (χ1n) is 18.7. The number of esters is 4. The molecule has 2 aliphatic heterocycles. The number of ether oxygens (including phenoxy) is 4. The van der Waals surface area contributed by atoms with Crippen molar-refractivity contribution in [2.45, 2.75) is 165 Å². The van der Waals surface area contributed by atoms with Crippen LogP contribution < -0.4 is 0 Å². The quantitative estimate of drug-likeness (QED) is 0.0871. The summed E-state index contributed by atoms with van der Waals surface area (Å²) in [4.78, 5) is 59.0. The molecule has 0 amide bonds. The van der Waals surface area contributed by atoms with Gasteiger partial charge in [0.2, 0.25) is 5.66 Å². The van der Waals surface area contributed by atoms with Crippen molar-refractivity contribution in [3.8, 4) is 0 Å². The molecule has 0 atom stereocenters. The van der Waals surface area contributed by atoms with Gasteiger partial charge < -0.3 is 18.9 Å². The predicted molar refractivity (Wildman–Crippen MR) is 212 cm³/mol. The van der Waals surface area contributed by atoms with E-state index in [9.17, 15) is 19.2 Å². The molecule has 53 heavy (non-hydrogen) atoms. The molecule has 0 fully saturated rings. The van der Waals surface area contributed by atoms with Crippen LogP contribution in [0.25, 0.3) is 0 Å². The van der Waals surface area contributed by atoms with Crippen LogP contribution in [0.3, 0.4) is 0 Å². The zero-order valence-electron chi connectivity index (χ0n) is 36.0. The average molecular weight is 787 g/mol. The van der Waals surface area contributed by atoms with Gasteiger partial charge in [0.15, 0.2) is 0 Å². The molecule has 14 nitrogen and oxygen atoms in total. The van der Waals surface area contributed by atoms with Gasteiger partial charge in [0, 0.05) is 48.3 Å². The maximum absolute atomic E-state index is 14.8. The van der Waals surface area contributed by atoms with E-state index in [1.807, 2.05) is 111 Å². The molecule has 2 rings (SSSR count). The van der Waals surface area contributed by atoms with Gasteiger partial charge in [-0.25, -0.2) is 47.3 Å². The molecule has 1 spiro atoms. The summed E-state index contributed by atoms with van der Waals surface area (Å²) in [5, 5.41) is -0.0698. The lowest BCUT2D eigenvalue weighted by molar-refractivity contribution is -0.140. The predicted octanol–water partition coefficient (Wildman–Crippen LogP) is 7.45. The third-order valence-electron chi connectivity index (χ3n) is 9.40. The van der Waals surface area contributed by atoms with Crippen molar-refractivity contribution in [2.24, 2.45) is 9.49 Å². The number of hydrogen-bond acceptors (Lipinski definition) is 14. The Morgan fingerprint density at radius 1 is 0.415 bits per heavy atom. The van der Waals surface area contributed by atoms with Crippen LogP contribution >= 0.6 is 14.7 Å². The molecule has 2 aliphatic rings. The molecule has 0 bridgehead atoms. The largest absolute Gasteiger partial charge is 0.466 e. The van der Waals surface area contributed by atoms with Crippen molar-refractivity contribution < 1.29 is 38.1 Å². The lowest BCUT2D eigenvalue weighted by Gasteiger charge is -2.50. The molecule has 0 aliphatic carbocycles.